The van der Waals surface area contributed by atoms with Crippen LogP contribution in [0.25, 0.3) is 6.08 Å². The summed E-state index contributed by atoms with van der Waals surface area (Å²) in [5.41, 5.74) is 8.88. The van der Waals surface area contributed by atoms with Crippen molar-refractivity contribution in [3.8, 4) is 0 Å². The number of halogens is 2. The van der Waals surface area contributed by atoms with Gasteiger partial charge in [-0.1, -0.05) is 98.1 Å². The molecule has 1 aromatic carbocycles. The number of H-pyrrole nitrogens is 1. The molecule has 1 unspecified atom stereocenters. The average Bonchev–Trinajstić information content (AvgIpc) is 3.19. The SMILES string of the molecule is CC.O=C(NCc1ccc(CN(Cc2c[nH]c3c2C=CC=CC3)C2CCCCc3cccnc32)cc1)c1c(Cl)cncc1Cl. The maximum atomic E-state index is 12.7. The zero-order valence-corrected chi connectivity index (χ0v) is 26.8. The first-order valence-corrected chi connectivity index (χ1v) is 16.2. The summed E-state index contributed by atoms with van der Waals surface area (Å²) >= 11 is 12.3. The van der Waals surface area contributed by atoms with Crippen molar-refractivity contribution < 1.29 is 4.79 Å². The summed E-state index contributed by atoms with van der Waals surface area (Å²) in [5.74, 6) is -0.322. The van der Waals surface area contributed by atoms with Crippen LogP contribution in [0.1, 0.15) is 88.7 Å². The van der Waals surface area contributed by atoms with Crippen LogP contribution in [-0.4, -0.2) is 25.8 Å². The zero-order valence-electron chi connectivity index (χ0n) is 25.3. The average molecular weight is 629 g/mol. The lowest BCUT2D eigenvalue weighted by atomic mass is 10.0. The second-order valence-electron chi connectivity index (χ2n) is 10.9. The number of allylic oxidation sites excluding steroid dienone is 3. The lowest BCUT2D eigenvalue weighted by molar-refractivity contribution is 0.0951. The maximum absolute atomic E-state index is 12.7. The number of aromatic amines is 1. The molecule has 0 aliphatic heterocycles. The molecule has 4 aromatic rings. The Morgan fingerprint density at radius 3 is 2.59 bits per heavy atom. The van der Waals surface area contributed by atoms with E-state index in [1.165, 1.54) is 58.9 Å². The van der Waals surface area contributed by atoms with Gasteiger partial charge < -0.3 is 10.3 Å². The Morgan fingerprint density at radius 1 is 1.02 bits per heavy atom. The van der Waals surface area contributed by atoms with Gasteiger partial charge in [0, 0.05) is 56.5 Å². The molecule has 0 bridgehead atoms. The van der Waals surface area contributed by atoms with Crippen molar-refractivity contribution in [2.45, 2.75) is 71.6 Å². The van der Waals surface area contributed by atoms with E-state index >= 15 is 0 Å². The molecule has 1 amide bonds. The molecule has 0 radical (unpaired) electrons. The van der Waals surface area contributed by atoms with Crippen LogP contribution in [-0.2, 0) is 32.5 Å². The van der Waals surface area contributed by atoms with Gasteiger partial charge in [-0.15, -0.1) is 0 Å². The number of nitrogens with zero attached hydrogens (tertiary/aromatic N) is 3. The van der Waals surface area contributed by atoms with E-state index in [1.807, 2.05) is 20.0 Å². The van der Waals surface area contributed by atoms with E-state index in [0.717, 1.165) is 37.9 Å². The van der Waals surface area contributed by atoms with Gasteiger partial charge in [0.15, 0.2) is 0 Å². The van der Waals surface area contributed by atoms with Gasteiger partial charge in [0.05, 0.1) is 27.3 Å². The van der Waals surface area contributed by atoms with Gasteiger partial charge in [0.25, 0.3) is 5.91 Å². The fraction of sp³-hybridized carbons (Fsp3) is 0.306. The van der Waals surface area contributed by atoms with Crippen molar-refractivity contribution in [1.82, 2.24) is 25.2 Å². The maximum Gasteiger partial charge on any atom is 0.254 e. The number of carbonyl (C=O) groups is 1. The third-order valence-corrected chi connectivity index (χ3v) is 8.67. The van der Waals surface area contributed by atoms with Gasteiger partial charge in [-0.2, -0.15) is 0 Å². The third-order valence-electron chi connectivity index (χ3n) is 8.10. The molecule has 3 heterocycles. The zero-order chi connectivity index (χ0) is 30.9. The van der Waals surface area contributed by atoms with Crippen LogP contribution in [0, 0.1) is 0 Å². The van der Waals surface area contributed by atoms with Crippen LogP contribution in [0.2, 0.25) is 10.0 Å². The van der Waals surface area contributed by atoms with E-state index in [4.69, 9.17) is 28.2 Å². The molecule has 2 aliphatic carbocycles. The van der Waals surface area contributed by atoms with Crippen LogP contribution in [0.15, 0.2) is 79.4 Å². The molecule has 44 heavy (non-hydrogen) atoms. The first-order chi connectivity index (χ1) is 21.6. The van der Waals surface area contributed by atoms with Crippen molar-refractivity contribution in [2.24, 2.45) is 0 Å². The second-order valence-corrected chi connectivity index (χ2v) is 11.7. The van der Waals surface area contributed by atoms with Gasteiger partial charge in [-0.25, -0.2) is 0 Å². The summed E-state index contributed by atoms with van der Waals surface area (Å²) in [7, 11) is 0. The van der Waals surface area contributed by atoms with E-state index in [9.17, 15) is 4.79 Å². The summed E-state index contributed by atoms with van der Waals surface area (Å²) in [4.78, 5) is 27.6. The Hall–Kier alpha value is -3.71. The number of carbonyl (C=O) groups excluding carboxylic acids is 1. The normalized spacial score (nSPS) is 15.4. The molecule has 0 fully saturated rings. The van der Waals surface area contributed by atoms with E-state index in [0.29, 0.717) is 6.54 Å². The van der Waals surface area contributed by atoms with E-state index in [2.05, 4.69) is 87.1 Å². The highest BCUT2D eigenvalue weighted by Crippen LogP contribution is 2.35. The predicted octanol–water partition coefficient (Wildman–Crippen LogP) is 8.66. The van der Waals surface area contributed by atoms with Crippen LogP contribution in [0.5, 0.6) is 0 Å². The van der Waals surface area contributed by atoms with E-state index in [-0.39, 0.29) is 27.6 Å². The Morgan fingerprint density at radius 2 is 1.80 bits per heavy atom. The minimum Gasteiger partial charge on any atom is -0.364 e. The van der Waals surface area contributed by atoms with Crippen molar-refractivity contribution in [1.29, 1.82) is 0 Å². The molecule has 0 saturated carbocycles. The van der Waals surface area contributed by atoms with Gasteiger partial charge in [-0.05, 0) is 53.1 Å². The lowest BCUT2D eigenvalue weighted by Gasteiger charge is -2.32. The Bertz CT molecular complexity index is 1610. The Labute approximate surface area is 270 Å². The molecule has 8 heteroatoms. The molecule has 228 valence electrons. The predicted molar refractivity (Wildman–Crippen MR) is 180 cm³/mol. The number of amides is 1. The lowest BCUT2D eigenvalue weighted by Crippen LogP contribution is -2.29. The summed E-state index contributed by atoms with van der Waals surface area (Å²) in [6, 6.07) is 13.0. The Balaban J connectivity index is 0.00000188. The van der Waals surface area contributed by atoms with Crippen molar-refractivity contribution in [2.75, 3.05) is 0 Å². The molecule has 6 nitrogen and oxygen atoms in total. The molecule has 3 aromatic heterocycles. The molecule has 2 aliphatic rings. The number of rotatable bonds is 8. The minimum atomic E-state index is -0.322. The number of aryl methyl sites for hydroxylation is 1. The van der Waals surface area contributed by atoms with Crippen LogP contribution in [0.4, 0.5) is 0 Å². The molecule has 1 atom stereocenters. The number of hydrogen-bond acceptors (Lipinski definition) is 4. The summed E-state index contributed by atoms with van der Waals surface area (Å²) in [5, 5.41) is 3.39. The van der Waals surface area contributed by atoms with Crippen molar-refractivity contribution in [3.63, 3.8) is 0 Å². The number of benzene rings is 1. The molecule has 0 spiro atoms. The quantitative estimate of drug-likeness (QED) is 0.192. The number of fused-ring (bicyclic) bond motifs is 2. The van der Waals surface area contributed by atoms with E-state index in [1.54, 1.807) is 0 Å². The first kappa shape index (κ1) is 31.7. The van der Waals surface area contributed by atoms with Crippen LogP contribution < -0.4 is 5.32 Å². The third kappa shape index (κ3) is 7.49. The fourth-order valence-electron chi connectivity index (χ4n) is 5.95. The summed E-state index contributed by atoms with van der Waals surface area (Å²) < 4.78 is 0. The van der Waals surface area contributed by atoms with Gasteiger partial charge in [-0.3, -0.25) is 19.7 Å². The Kier molecular flexibility index (Phi) is 11.1. The van der Waals surface area contributed by atoms with Crippen LogP contribution in [0.3, 0.4) is 0 Å². The molecule has 2 N–H and O–H groups in total. The highest BCUT2D eigenvalue weighted by Gasteiger charge is 2.27. The minimum absolute atomic E-state index is 0.232. The standard InChI is InChI=1S/C34H33Cl2N5O.C2H6/c35-28-19-37-20-29(36)32(28)34(42)40-17-23-12-14-24(15-13-23)21-41(22-26-18-39-30-10-3-1-2-9-27(26)30)31-11-5-4-7-25-8-6-16-38-33(25)31;1-2/h1-3,6,8-9,12-16,18-20,31,39H,4-5,7,10-11,17,21-22H2,(H,40,42);1-2H3. The summed E-state index contributed by atoms with van der Waals surface area (Å²) in [6.45, 7) is 5.98. The van der Waals surface area contributed by atoms with Crippen LogP contribution >= 0.6 is 23.2 Å². The van der Waals surface area contributed by atoms with Crippen molar-refractivity contribution in [3.05, 3.63) is 134 Å². The molecule has 6 rings (SSSR count). The first-order valence-electron chi connectivity index (χ1n) is 15.4. The topological polar surface area (TPSA) is 73.9 Å². The smallest absolute Gasteiger partial charge is 0.254 e. The van der Waals surface area contributed by atoms with Gasteiger partial charge in [0.2, 0.25) is 0 Å². The molecular weight excluding hydrogens is 589 g/mol. The number of nitrogens with one attached hydrogen (secondary N) is 2. The van der Waals surface area contributed by atoms with Crippen molar-refractivity contribution >= 4 is 35.2 Å². The number of pyridine rings is 2. The van der Waals surface area contributed by atoms with E-state index < -0.39 is 0 Å². The number of aromatic nitrogens is 3. The second kappa shape index (κ2) is 15.3. The summed E-state index contributed by atoms with van der Waals surface area (Å²) in [6.07, 6.45) is 21.0. The highest BCUT2D eigenvalue weighted by molar-refractivity contribution is 6.39. The fourth-order valence-corrected chi connectivity index (χ4v) is 6.48. The molecule has 0 saturated heterocycles. The largest absolute Gasteiger partial charge is 0.364 e. The number of hydrogen-bond donors (Lipinski definition) is 2. The van der Waals surface area contributed by atoms with Gasteiger partial charge in [0.1, 0.15) is 0 Å². The highest BCUT2D eigenvalue weighted by atomic mass is 35.5. The monoisotopic (exact) mass is 627 g/mol. The molecular formula is C36H39Cl2N5O. The van der Waals surface area contributed by atoms with Gasteiger partial charge >= 0.3 is 0 Å².